The molecular weight excluding hydrogens is 298 g/mol. The van der Waals surface area contributed by atoms with Gasteiger partial charge in [0, 0.05) is 10.6 Å². The summed E-state index contributed by atoms with van der Waals surface area (Å²) in [5.74, 6) is 1.56. The van der Waals surface area contributed by atoms with Crippen molar-refractivity contribution in [3.05, 3.63) is 58.1 Å². The second kappa shape index (κ2) is 8.06. The minimum absolute atomic E-state index is 0.611. The molecule has 0 saturated heterocycles. The van der Waals surface area contributed by atoms with E-state index >= 15 is 0 Å². The molecule has 2 aromatic rings. The normalized spacial score (nSPS) is 10.5. The Morgan fingerprint density at radius 3 is 2.45 bits per heavy atom. The summed E-state index contributed by atoms with van der Waals surface area (Å²) in [4.78, 5) is 0. The second-order valence-electron chi connectivity index (χ2n) is 5.11. The van der Waals surface area contributed by atoms with Gasteiger partial charge >= 0.3 is 0 Å². The van der Waals surface area contributed by atoms with Crippen LogP contribution in [-0.4, -0.2) is 20.8 Å². The zero-order chi connectivity index (χ0) is 15.9. The standard InChI is InChI=1S/C18H22ClNO2/c1-21-17-9-7-14(10-11-20)16(18(17)22-2)8-6-13-4-3-5-15(19)12-13/h3-5,7,9,12H,6,8,10-11,20H2,1-2H3. The van der Waals surface area contributed by atoms with Gasteiger partial charge in [0.2, 0.25) is 0 Å². The maximum atomic E-state index is 6.05. The van der Waals surface area contributed by atoms with Gasteiger partial charge in [-0.15, -0.1) is 0 Å². The van der Waals surface area contributed by atoms with Crippen LogP contribution in [0.5, 0.6) is 11.5 Å². The number of hydrogen-bond acceptors (Lipinski definition) is 3. The molecule has 0 fully saturated rings. The van der Waals surface area contributed by atoms with Gasteiger partial charge in [-0.1, -0.05) is 29.8 Å². The van der Waals surface area contributed by atoms with Gasteiger partial charge in [0.1, 0.15) is 0 Å². The Kier molecular flexibility index (Phi) is 6.10. The van der Waals surface area contributed by atoms with E-state index in [9.17, 15) is 0 Å². The summed E-state index contributed by atoms with van der Waals surface area (Å²) < 4.78 is 11.0. The second-order valence-corrected chi connectivity index (χ2v) is 5.54. The van der Waals surface area contributed by atoms with Crippen LogP contribution in [0.1, 0.15) is 16.7 Å². The van der Waals surface area contributed by atoms with Gasteiger partial charge in [0.05, 0.1) is 14.2 Å². The first-order chi connectivity index (χ1) is 10.7. The maximum Gasteiger partial charge on any atom is 0.164 e. The first-order valence-corrected chi connectivity index (χ1v) is 7.74. The number of methoxy groups -OCH3 is 2. The Balaban J connectivity index is 2.30. The lowest BCUT2D eigenvalue weighted by Gasteiger charge is -2.17. The highest BCUT2D eigenvalue weighted by molar-refractivity contribution is 6.30. The fraction of sp³-hybridized carbons (Fsp3) is 0.333. The molecule has 0 unspecified atom stereocenters. The lowest BCUT2D eigenvalue weighted by molar-refractivity contribution is 0.351. The minimum atomic E-state index is 0.611. The SMILES string of the molecule is COc1ccc(CCN)c(CCc2cccc(Cl)c2)c1OC. The van der Waals surface area contributed by atoms with Crippen LogP contribution in [0.3, 0.4) is 0 Å². The summed E-state index contributed by atoms with van der Waals surface area (Å²) >= 11 is 6.05. The van der Waals surface area contributed by atoms with Crippen LogP contribution in [0.2, 0.25) is 5.02 Å². The van der Waals surface area contributed by atoms with Gasteiger partial charge in [0.15, 0.2) is 11.5 Å². The van der Waals surface area contributed by atoms with E-state index in [-0.39, 0.29) is 0 Å². The summed E-state index contributed by atoms with van der Waals surface area (Å²) in [5.41, 5.74) is 9.30. The van der Waals surface area contributed by atoms with E-state index in [0.717, 1.165) is 41.3 Å². The Bertz CT molecular complexity index is 628. The van der Waals surface area contributed by atoms with Crippen LogP contribution in [0.15, 0.2) is 36.4 Å². The molecule has 0 bridgehead atoms. The summed E-state index contributed by atoms with van der Waals surface area (Å²) in [6.45, 7) is 0.611. The first kappa shape index (κ1) is 16.7. The van der Waals surface area contributed by atoms with Gasteiger partial charge in [-0.25, -0.2) is 0 Å². The molecule has 0 aliphatic heterocycles. The third kappa shape index (κ3) is 3.93. The van der Waals surface area contributed by atoms with E-state index in [1.165, 1.54) is 11.1 Å². The number of halogens is 1. The molecule has 3 nitrogen and oxygen atoms in total. The van der Waals surface area contributed by atoms with Crippen LogP contribution >= 0.6 is 11.6 Å². The fourth-order valence-corrected chi connectivity index (χ4v) is 2.87. The largest absolute Gasteiger partial charge is 0.493 e. The van der Waals surface area contributed by atoms with Crippen LogP contribution in [0.4, 0.5) is 0 Å². The molecule has 2 aromatic carbocycles. The van der Waals surface area contributed by atoms with Crippen molar-refractivity contribution >= 4 is 11.6 Å². The van der Waals surface area contributed by atoms with Crippen molar-refractivity contribution < 1.29 is 9.47 Å². The van der Waals surface area contributed by atoms with E-state index in [0.29, 0.717) is 6.54 Å². The number of rotatable bonds is 7. The summed E-state index contributed by atoms with van der Waals surface area (Å²) in [6, 6.07) is 11.9. The molecule has 0 aliphatic carbocycles. The van der Waals surface area contributed by atoms with Crippen LogP contribution < -0.4 is 15.2 Å². The quantitative estimate of drug-likeness (QED) is 0.847. The Morgan fingerprint density at radius 1 is 1.00 bits per heavy atom. The third-order valence-electron chi connectivity index (χ3n) is 3.71. The predicted molar refractivity (Wildman–Crippen MR) is 91.2 cm³/mol. The van der Waals surface area contributed by atoms with Gasteiger partial charge < -0.3 is 15.2 Å². The van der Waals surface area contributed by atoms with Crippen LogP contribution in [-0.2, 0) is 19.3 Å². The zero-order valence-electron chi connectivity index (χ0n) is 13.1. The van der Waals surface area contributed by atoms with Crippen molar-refractivity contribution in [2.45, 2.75) is 19.3 Å². The monoisotopic (exact) mass is 319 g/mol. The Hall–Kier alpha value is -1.71. The minimum Gasteiger partial charge on any atom is -0.493 e. The zero-order valence-corrected chi connectivity index (χ0v) is 13.8. The predicted octanol–water partition coefficient (Wildman–Crippen LogP) is 3.64. The van der Waals surface area contributed by atoms with Gasteiger partial charge in [-0.05, 0) is 55.1 Å². The number of ether oxygens (including phenoxy) is 2. The van der Waals surface area contributed by atoms with E-state index < -0.39 is 0 Å². The van der Waals surface area contributed by atoms with Crippen molar-refractivity contribution in [3.8, 4) is 11.5 Å². The maximum absolute atomic E-state index is 6.05. The average molecular weight is 320 g/mol. The fourth-order valence-electron chi connectivity index (χ4n) is 2.66. The Labute approximate surface area is 137 Å². The summed E-state index contributed by atoms with van der Waals surface area (Å²) in [6.07, 6.45) is 2.57. The van der Waals surface area contributed by atoms with Crippen LogP contribution in [0.25, 0.3) is 0 Å². The van der Waals surface area contributed by atoms with Gasteiger partial charge in [-0.3, -0.25) is 0 Å². The molecule has 0 radical (unpaired) electrons. The summed E-state index contributed by atoms with van der Waals surface area (Å²) in [5, 5.41) is 0.761. The van der Waals surface area contributed by atoms with Crippen molar-refractivity contribution in [3.63, 3.8) is 0 Å². The topological polar surface area (TPSA) is 44.5 Å². The highest BCUT2D eigenvalue weighted by Gasteiger charge is 2.14. The number of nitrogens with two attached hydrogens (primary N) is 1. The number of aryl methyl sites for hydroxylation is 1. The highest BCUT2D eigenvalue weighted by atomic mass is 35.5. The summed E-state index contributed by atoms with van der Waals surface area (Å²) in [7, 11) is 3.33. The average Bonchev–Trinajstić information content (AvgIpc) is 2.53. The molecule has 0 heterocycles. The molecule has 2 N–H and O–H groups in total. The molecule has 0 amide bonds. The number of hydrogen-bond donors (Lipinski definition) is 1. The molecule has 0 atom stereocenters. The van der Waals surface area contributed by atoms with E-state index in [1.54, 1.807) is 14.2 Å². The molecule has 0 spiro atoms. The Morgan fingerprint density at radius 2 is 1.82 bits per heavy atom. The smallest absolute Gasteiger partial charge is 0.164 e. The number of benzene rings is 2. The van der Waals surface area contributed by atoms with E-state index in [2.05, 4.69) is 12.1 Å². The highest BCUT2D eigenvalue weighted by Crippen LogP contribution is 2.34. The molecule has 0 saturated carbocycles. The molecule has 118 valence electrons. The van der Waals surface area contributed by atoms with Crippen molar-refractivity contribution in [2.24, 2.45) is 5.73 Å². The molecular formula is C18H22ClNO2. The van der Waals surface area contributed by atoms with Crippen molar-refractivity contribution in [1.82, 2.24) is 0 Å². The van der Waals surface area contributed by atoms with E-state index in [4.69, 9.17) is 26.8 Å². The molecule has 4 heteroatoms. The van der Waals surface area contributed by atoms with Gasteiger partial charge in [0.25, 0.3) is 0 Å². The van der Waals surface area contributed by atoms with Crippen molar-refractivity contribution in [2.75, 3.05) is 20.8 Å². The van der Waals surface area contributed by atoms with Gasteiger partial charge in [-0.2, -0.15) is 0 Å². The molecule has 22 heavy (non-hydrogen) atoms. The molecule has 0 aliphatic rings. The lowest BCUT2D eigenvalue weighted by Crippen LogP contribution is -2.08. The lowest BCUT2D eigenvalue weighted by atomic mass is 9.96. The van der Waals surface area contributed by atoms with Crippen molar-refractivity contribution in [1.29, 1.82) is 0 Å². The third-order valence-corrected chi connectivity index (χ3v) is 3.95. The molecule has 0 aromatic heterocycles. The molecule has 2 rings (SSSR count). The van der Waals surface area contributed by atoms with Crippen LogP contribution in [0, 0.1) is 0 Å². The first-order valence-electron chi connectivity index (χ1n) is 7.36. The van der Waals surface area contributed by atoms with E-state index in [1.807, 2.05) is 24.3 Å².